The maximum absolute atomic E-state index is 12.3. The molecule has 6 heteroatoms. The van der Waals surface area contributed by atoms with Crippen molar-refractivity contribution in [1.29, 1.82) is 0 Å². The summed E-state index contributed by atoms with van der Waals surface area (Å²) >= 11 is 0. The summed E-state index contributed by atoms with van der Waals surface area (Å²) in [6.45, 7) is 6.89. The number of fused-ring (bicyclic) bond motifs is 1. The van der Waals surface area contributed by atoms with E-state index in [-0.39, 0.29) is 11.9 Å². The summed E-state index contributed by atoms with van der Waals surface area (Å²) in [6, 6.07) is 8.57. The molecule has 0 saturated carbocycles. The molecule has 0 spiro atoms. The summed E-state index contributed by atoms with van der Waals surface area (Å²) in [5.74, 6) is 0.262. The van der Waals surface area contributed by atoms with E-state index in [9.17, 15) is 4.79 Å². The fourth-order valence-electron chi connectivity index (χ4n) is 3.81. The Kier molecular flexibility index (Phi) is 5.43. The number of aromatic nitrogens is 1. The minimum absolute atomic E-state index is 0.226. The van der Waals surface area contributed by atoms with E-state index in [0.717, 1.165) is 57.9 Å². The summed E-state index contributed by atoms with van der Waals surface area (Å²) in [5, 5.41) is 5.95. The second-order valence-corrected chi connectivity index (χ2v) is 7.09. The third-order valence-electron chi connectivity index (χ3n) is 5.36. The van der Waals surface area contributed by atoms with Crippen LogP contribution in [0, 0.1) is 0 Å². The van der Waals surface area contributed by atoms with Crippen molar-refractivity contribution in [2.45, 2.75) is 19.0 Å². The van der Waals surface area contributed by atoms with Crippen molar-refractivity contribution in [2.24, 2.45) is 0 Å². The highest BCUT2D eigenvalue weighted by Crippen LogP contribution is 2.18. The number of pyridine rings is 1. The van der Waals surface area contributed by atoms with Gasteiger partial charge in [-0.2, -0.15) is 0 Å². The summed E-state index contributed by atoms with van der Waals surface area (Å²) in [7, 11) is 0. The standard InChI is InChI=1S/C20H26N4O2/c25-20-12-18(15-24(20)7-6-23-8-10-26-11-9-23)22-14-17-3-1-2-16-13-21-5-4-19(16)17/h1-5,13,18,22H,6-12,14-15H2. The van der Waals surface area contributed by atoms with E-state index in [0.29, 0.717) is 6.42 Å². The van der Waals surface area contributed by atoms with Crippen molar-refractivity contribution in [3.8, 4) is 0 Å². The number of hydrogen-bond donors (Lipinski definition) is 1. The maximum atomic E-state index is 12.3. The van der Waals surface area contributed by atoms with Gasteiger partial charge in [0.1, 0.15) is 0 Å². The van der Waals surface area contributed by atoms with Crippen LogP contribution in [-0.2, 0) is 16.1 Å². The highest BCUT2D eigenvalue weighted by Gasteiger charge is 2.29. The highest BCUT2D eigenvalue weighted by atomic mass is 16.5. The van der Waals surface area contributed by atoms with Crippen LogP contribution in [0.25, 0.3) is 10.8 Å². The summed E-state index contributed by atoms with van der Waals surface area (Å²) in [5.41, 5.74) is 1.25. The first-order chi connectivity index (χ1) is 12.8. The average molecular weight is 354 g/mol. The second-order valence-electron chi connectivity index (χ2n) is 7.09. The van der Waals surface area contributed by atoms with Gasteiger partial charge in [-0.3, -0.25) is 14.7 Å². The Labute approximate surface area is 154 Å². The first-order valence-corrected chi connectivity index (χ1v) is 9.42. The van der Waals surface area contributed by atoms with Crippen LogP contribution in [-0.4, -0.2) is 72.7 Å². The fourth-order valence-corrected chi connectivity index (χ4v) is 3.81. The zero-order valence-electron chi connectivity index (χ0n) is 15.1. The molecular formula is C20H26N4O2. The van der Waals surface area contributed by atoms with Crippen molar-refractivity contribution in [3.63, 3.8) is 0 Å². The number of rotatable bonds is 6. The van der Waals surface area contributed by atoms with Crippen molar-refractivity contribution in [2.75, 3.05) is 45.9 Å². The number of carbonyl (C=O) groups is 1. The van der Waals surface area contributed by atoms with E-state index in [4.69, 9.17) is 4.74 Å². The van der Waals surface area contributed by atoms with Crippen LogP contribution >= 0.6 is 0 Å². The van der Waals surface area contributed by atoms with E-state index < -0.39 is 0 Å². The highest BCUT2D eigenvalue weighted by molar-refractivity contribution is 5.84. The molecule has 0 radical (unpaired) electrons. The number of benzene rings is 1. The van der Waals surface area contributed by atoms with Crippen molar-refractivity contribution < 1.29 is 9.53 Å². The first-order valence-electron chi connectivity index (χ1n) is 9.42. The smallest absolute Gasteiger partial charge is 0.224 e. The van der Waals surface area contributed by atoms with E-state index in [1.807, 2.05) is 17.3 Å². The number of nitrogens with zero attached hydrogens (tertiary/aromatic N) is 3. The van der Waals surface area contributed by atoms with Gasteiger partial charge in [0.15, 0.2) is 0 Å². The molecule has 138 valence electrons. The minimum Gasteiger partial charge on any atom is -0.379 e. The van der Waals surface area contributed by atoms with Crippen LogP contribution in [0.1, 0.15) is 12.0 Å². The maximum Gasteiger partial charge on any atom is 0.224 e. The molecule has 2 aliphatic rings. The predicted molar refractivity (Wildman–Crippen MR) is 101 cm³/mol. The van der Waals surface area contributed by atoms with E-state index >= 15 is 0 Å². The van der Waals surface area contributed by atoms with Gasteiger partial charge >= 0.3 is 0 Å². The quantitative estimate of drug-likeness (QED) is 0.846. The molecule has 26 heavy (non-hydrogen) atoms. The molecule has 2 fully saturated rings. The molecule has 1 aromatic carbocycles. The number of amides is 1. The number of hydrogen-bond acceptors (Lipinski definition) is 5. The van der Waals surface area contributed by atoms with Gasteiger partial charge < -0.3 is 15.0 Å². The predicted octanol–water partition coefficient (Wildman–Crippen LogP) is 1.26. The van der Waals surface area contributed by atoms with Crippen LogP contribution in [0.4, 0.5) is 0 Å². The average Bonchev–Trinajstić information content (AvgIpc) is 3.05. The van der Waals surface area contributed by atoms with E-state index in [1.54, 1.807) is 0 Å². The molecule has 2 aromatic rings. The first kappa shape index (κ1) is 17.4. The summed E-state index contributed by atoms with van der Waals surface area (Å²) < 4.78 is 5.38. The van der Waals surface area contributed by atoms with Gasteiger partial charge in [-0.1, -0.05) is 18.2 Å². The second kappa shape index (κ2) is 8.12. The van der Waals surface area contributed by atoms with Gasteiger partial charge in [0.25, 0.3) is 0 Å². The normalized spacial score (nSPS) is 21.6. The van der Waals surface area contributed by atoms with Gasteiger partial charge in [0, 0.05) is 69.5 Å². The Balaban J connectivity index is 1.30. The topological polar surface area (TPSA) is 57.7 Å². The lowest BCUT2D eigenvalue weighted by molar-refractivity contribution is -0.128. The molecule has 2 aliphatic heterocycles. The van der Waals surface area contributed by atoms with Crippen LogP contribution in [0.5, 0.6) is 0 Å². The minimum atomic E-state index is 0.226. The van der Waals surface area contributed by atoms with E-state index in [1.165, 1.54) is 10.9 Å². The van der Waals surface area contributed by atoms with Crippen molar-refractivity contribution in [3.05, 3.63) is 42.2 Å². The largest absolute Gasteiger partial charge is 0.379 e. The van der Waals surface area contributed by atoms with Crippen molar-refractivity contribution in [1.82, 2.24) is 20.1 Å². The van der Waals surface area contributed by atoms with Gasteiger partial charge in [0.2, 0.25) is 5.91 Å². The Morgan fingerprint density at radius 3 is 2.96 bits per heavy atom. The van der Waals surface area contributed by atoms with E-state index in [2.05, 4.69) is 39.5 Å². The fraction of sp³-hybridized carbons (Fsp3) is 0.500. The van der Waals surface area contributed by atoms with Crippen LogP contribution in [0.2, 0.25) is 0 Å². The number of morpholine rings is 1. The van der Waals surface area contributed by atoms with Gasteiger partial charge in [-0.15, -0.1) is 0 Å². The molecule has 4 rings (SSSR count). The molecule has 6 nitrogen and oxygen atoms in total. The molecule has 1 N–H and O–H groups in total. The monoisotopic (exact) mass is 354 g/mol. The number of likely N-dealkylation sites (tertiary alicyclic amines) is 1. The number of ether oxygens (including phenoxy) is 1. The number of nitrogens with one attached hydrogen (secondary N) is 1. The molecular weight excluding hydrogens is 328 g/mol. The zero-order chi connectivity index (χ0) is 17.8. The van der Waals surface area contributed by atoms with Gasteiger partial charge in [-0.05, 0) is 17.0 Å². The Hall–Kier alpha value is -2.02. The lowest BCUT2D eigenvalue weighted by Crippen LogP contribution is -2.42. The Bertz CT molecular complexity index is 755. The molecule has 3 heterocycles. The molecule has 2 saturated heterocycles. The third kappa shape index (κ3) is 4.03. The number of carbonyl (C=O) groups excluding carboxylic acids is 1. The van der Waals surface area contributed by atoms with Gasteiger partial charge in [0.05, 0.1) is 13.2 Å². The summed E-state index contributed by atoms with van der Waals surface area (Å²) in [6.07, 6.45) is 4.32. The van der Waals surface area contributed by atoms with Crippen molar-refractivity contribution >= 4 is 16.7 Å². The molecule has 0 aliphatic carbocycles. The summed E-state index contributed by atoms with van der Waals surface area (Å²) in [4.78, 5) is 20.9. The molecule has 1 atom stereocenters. The lowest BCUT2D eigenvalue weighted by atomic mass is 10.1. The van der Waals surface area contributed by atoms with Crippen LogP contribution in [0.15, 0.2) is 36.7 Å². The zero-order valence-corrected chi connectivity index (χ0v) is 15.1. The molecule has 1 amide bonds. The Morgan fingerprint density at radius 1 is 1.19 bits per heavy atom. The van der Waals surface area contributed by atoms with Crippen LogP contribution in [0.3, 0.4) is 0 Å². The van der Waals surface area contributed by atoms with Gasteiger partial charge in [-0.25, -0.2) is 0 Å². The lowest BCUT2D eigenvalue weighted by Gasteiger charge is -2.28. The molecule has 1 unspecified atom stereocenters. The Morgan fingerprint density at radius 2 is 2.08 bits per heavy atom. The molecule has 1 aromatic heterocycles. The molecule has 0 bridgehead atoms. The third-order valence-corrected chi connectivity index (χ3v) is 5.36. The SMILES string of the molecule is O=C1CC(NCc2cccc3cnccc23)CN1CCN1CCOCC1. The van der Waals surface area contributed by atoms with Crippen LogP contribution < -0.4 is 5.32 Å².